The van der Waals surface area contributed by atoms with E-state index in [-0.39, 0.29) is 10.6 Å². The summed E-state index contributed by atoms with van der Waals surface area (Å²) in [6.45, 7) is 11.4. The predicted molar refractivity (Wildman–Crippen MR) is 96.8 cm³/mol. The van der Waals surface area contributed by atoms with Gasteiger partial charge in [-0.1, -0.05) is 25.5 Å². The molecule has 0 spiro atoms. The molecule has 1 atom stereocenters. The lowest BCUT2D eigenvalue weighted by atomic mass is 9.99. The minimum absolute atomic E-state index is 0.171. The lowest BCUT2D eigenvalue weighted by Crippen LogP contribution is -2.44. The molecule has 130 valence electrons. The molecular formula is C19H32N2O2. The third-order valence-electron chi connectivity index (χ3n) is 4.49. The molecule has 0 heterocycles. The monoisotopic (exact) mass is 320 g/mol. The summed E-state index contributed by atoms with van der Waals surface area (Å²) in [4.78, 5) is 12.9. The zero-order valence-corrected chi connectivity index (χ0v) is 15.3. The fourth-order valence-electron chi connectivity index (χ4n) is 3.50. The van der Waals surface area contributed by atoms with Crippen molar-refractivity contribution in [1.29, 1.82) is 0 Å². The molecule has 1 aromatic rings. The SMILES string of the molecule is CCC(CCCCc1ccc([N+](=O)[O-])cc1)N(C(C)C)C(C)C. The molecule has 0 amide bonds. The maximum atomic E-state index is 10.7. The zero-order valence-electron chi connectivity index (χ0n) is 15.3. The second kappa shape index (κ2) is 9.66. The molecule has 0 fully saturated rings. The van der Waals surface area contributed by atoms with Gasteiger partial charge in [0.05, 0.1) is 4.92 Å². The number of benzene rings is 1. The number of non-ortho nitro benzene ring substituents is 1. The molecule has 1 unspecified atom stereocenters. The Kier molecular flexibility index (Phi) is 8.24. The largest absolute Gasteiger partial charge is 0.296 e. The van der Waals surface area contributed by atoms with Crippen LogP contribution < -0.4 is 0 Å². The third-order valence-corrected chi connectivity index (χ3v) is 4.49. The van der Waals surface area contributed by atoms with Gasteiger partial charge in [-0.2, -0.15) is 0 Å². The van der Waals surface area contributed by atoms with Crippen LogP contribution in [0.2, 0.25) is 0 Å². The molecule has 1 aromatic carbocycles. The first-order chi connectivity index (χ1) is 10.9. The van der Waals surface area contributed by atoms with Crippen LogP contribution in [-0.2, 0) is 6.42 Å². The smallest absolute Gasteiger partial charge is 0.269 e. The van der Waals surface area contributed by atoms with Crippen LogP contribution in [0.1, 0.15) is 65.9 Å². The van der Waals surface area contributed by atoms with Gasteiger partial charge in [0.1, 0.15) is 0 Å². The number of nitro benzene ring substituents is 1. The summed E-state index contributed by atoms with van der Waals surface area (Å²) in [5, 5.41) is 10.7. The molecule has 23 heavy (non-hydrogen) atoms. The van der Waals surface area contributed by atoms with E-state index in [9.17, 15) is 10.1 Å². The highest BCUT2D eigenvalue weighted by atomic mass is 16.6. The highest BCUT2D eigenvalue weighted by Crippen LogP contribution is 2.20. The van der Waals surface area contributed by atoms with Crippen LogP contribution in [0.15, 0.2) is 24.3 Å². The molecule has 0 N–H and O–H groups in total. The molecule has 0 bridgehead atoms. The van der Waals surface area contributed by atoms with Crippen molar-refractivity contribution in [3.05, 3.63) is 39.9 Å². The standard InChI is InChI=1S/C19H32N2O2/c1-6-18(20(15(2)3)16(4)5)10-8-7-9-17-11-13-19(14-12-17)21(22)23/h11-16,18H,6-10H2,1-5H3. The Labute approximate surface area is 141 Å². The third kappa shape index (κ3) is 6.30. The van der Waals surface area contributed by atoms with Gasteiger partial charge in [0.25, 0.3) is 5.69 Å². The molecular weight excluding hydrogens is 288 g/mol. The Hall–Kier alpha value is -1.42. The van der Waals surface area contributed by atoms with Crippen LogP contribution in [0.3, 0.4) is 0 Å². The van der Waals surface area contributed by atoms with Crippen LogP contribution in [-0.4, -0.2) is 27.9 Å². The molecule has 0 radical (unpaired) electrons. The van der Waals surface area contributed by atoms with Crippen LogP contribution in [0.25, 0.3) is 0 Å². The van der Waals surface area contributed by atoms with Crippen LogP contribution in [0.5, 0.6) is 0 Å². The fraction of sp³-hybridized carbons (Fsp3) is 0.684. The molecule has 0 saturated carbocycles. The van der Waals surface area contributed by atoms with Gasteiger partial charge in [0.15, 0.2) is 0 Å². The van der Waals surface area contributed by atoms with Gasteiger partial charge >= 0.3 is 0 Å². The van der Waals surface area contributed by atoms with Gasteiger partial charge in [-0.05, 0) is 58.9 Å². The average Bonchev–Trinajstić information content (AvgIpc) is 2.49. The van der Waals surface area contributed by atoms with Crippen molar-refractivity contribution >= 4 is 5.69 Å². The maximum Gasteiger partial charge on any atom is 0.269 e. The minimum Gasteiger partial charge on any atom is -0.296 e. The number of hydrogen-bond acceptors (Lipinski definition) is 3. The summed E-state index contributed by atoms with van der Waals surface area (Å²) in [6.07, 6.45) is 5.75. The van der Waals surface area contributed by atoms with Crippen LogP contribution in [0, 0.1) is 10.1 Å². The first kappa shape index (κ1) is 19.6. The lowest BCUT2D eigenvalue weighted by molar-refractivity contribution is -0.384. The van der Waals surface area contributed by atoms with E-state index in [1.165, 1.54) is 24.8 Å². The number of unbranched alkanes of at least 4 members (excludes halogenated alkanes) is 1. The van der Waals surface area contributed by atoms with Crippen LogP contribution in [0.4, 0.5) is 5.69 Å². The number of nitrogens with zero attached hydrogens (tertiary/aromatic N) is 2. The van der Waals surface area contributed by atoms with E-state index in [0.717, 1.165) is 12.8 Å². The van der Waals surface area contributed by atoms with Gasteiger partial charge < -0.3 is 0 Å². The predicted octanol–water partition coefficient (Wildman–Crippen LogP) is 5.21. The van der Waals surface area contributed by atoms with E-state index in [2.05, 4.69) is 39.5 Å². The molecule has 0 aliphatic heterocycles. The number of nitro groups is 1. The van der Waals surface area contributed by atoms with Crippen molar-refractivity contribution in [2.24, 2.45) is 0 Å². The summed E-state index contributed by atoms with van der Waals surface area (Å²) in [6, 6.07) is 8.76. The summed E-state index contributed by atoms with van der Waals surface area (Å²) in [5.74, 6) is 0. The van der Waals surface area contributed by atoms with Gasteiger partial charge in [-0.25, -0.2) is 0 Å². The number of aryl methyl sites for hydroxylation is 1. The molecule has 0 aliphatic rings. The molecule has 4 nitrogen and oxygen atoms in total. The number of hydrogen-bond donors (Lipinski definition) is 0. The molecule has 0 aromatic heterocycles. The van der Waals surface area contributed by atoms with Gasteiger partial charge in [-0.3, -0.25) is 15.0 Å². The minimum atomic E-state index is -0.345. The van der Waals surface area contributed by atoms with E-state index in [0.29, 0.717) is 18.1 Å². The zero-order chi connectivity index (χ0) is 17.4. The Morgan fingerprint density at radius 3 is 2.04 bits per heavy atom. The van der Waals surface area contributed by atoms with E-state index in [1.807, 2.05) is 12.1 Å². The van der Waals surface area contributed by atoms with Crippen molar-refractivity contribution in [3.8, 4) is 0 Å². The molecule has 0 saturated heterocycles. The summed E-state index contributed by atoms with van der Waals surface area (Å²) >= 11 is 0. The van der Waals surface area contributed by atoms with Crippen molar-refractivity contribution in [2.45, 2.75) is 84.8 Å². The van der Waals surface area contributed by atoms with E-state index in [4.69, 9.17) is 0 Å². The Morgan fingerprint density at radius 1 is 1.04 bits per heavy atom. The normalized spacial score (nSPS) is 13.0. The molecule has 4 heteroatoms. The topological polar surface area (TPSA) is 46.4 Å². The Bertz CT molecular complexity index is 461. The van der Waals surface area contributed by atoms with Crippen molar-refractivity contribution in [2.75, 3.05) is 0 Å². The van der Waals surface area contributed by atoms with Crippen molar-refractivity contribution < 1.29 is 4.92 Å². The summed E-state index contributed by atoms with van der Waals surface area (Å²) in [7, 11) is 0. The van der Waals surface area contributed by atoms with E-state index >= 15 is 0 Å². The highest BCUT2D eigenvalue weighted by molar-refractivity contribution is 5.32. The van der Waals surface area contributed by atoms with Gasteiger partial charge in [0, 0.05) is 30.3 Å². The van der Waals surface area contributed by atoms with Crippen molar-refractivity contribution in [3.63, 3.8) is 0 Å². The second-order valence-electron chi connectivity index (χ2n) is 6.87. The Balaban J connectivity index is 2.44. The van der Waals surface area contributed by atoms with E-state index in [1.54, 1.807) is 12.1 Å². The van der Waals surface area contributed by atoms with E-state index < -0.39 is 0 Å². The first-order valence-electron chi connectivity index (χ1n) is 8.87. The quantitative estimate of drug-likeness (QED) is 0.338. The molecule has 1 rings (SSSR count). The van der Waals surface area contributed by atoms with Crippen LogP contribution >= 0.6 is 0 Å². The number of rotatable bonds is 10. The first-order valence-corrected chi connectivity index (χ1v) is 8.87. The van der Waals surface area contributed by atoms with Gasteiger partial charge in [0.2, 0.25) is 0 Å². The lowest BCUT2D eigenvalue weighted by Gasteiger charge is -2.38. The molecule has 0 aliphatic carbocycles. The Morgan fingerprint density at radius 2 is 1.61 bits per heavy atom. The maximum absolute atomic E-state index is 10.7. The summed E-state index contributed by atoms with van der Waals surface area (Å²) < 4.78 is 0. The average molecular weight is 320 g/mol. The summed E-state index contributed by atoms with van der Waals surface area (Å²) in [5.41, 5.74) is 1.36. The second-order valence-corrected chi connectivity index (χ2v) is 6.87. The fourth-order valence-corrected chi connectivity index (χ4v) is 3.50. The highest BCUT2D eigenvalue weighted by Gasteiger charge is 2.21. The van der Waals surface area contributed by atoms with Crippen molar-refractivity contribution in [1.82, 2.24) is 4.90 Å². The van der Waals surface area contributed by atoms with Gasteiger partial charge in [-0.15, -0.1) is 0 Å².